The number of nitrogens with zero attached hydrogens (tertiary/aromatic N) is 2. The molecule has 0 saturated carbocycles. The second-order valence-electron chi connectivity index (χ2n) is 8.36. The maximum absolute atomic E-state index is 13.8. The molecule has 0 radical (unpaired) electrons. The van der Waals surface area contributed by atoms with Crippen molar-refractivity contribution in [1.29, 1.82) is 0 Å². The van der Waals surface area contributed by atoms with Gasteiger partial charge in [-0.15, -0.1) is 0 Å². The van der Waals surface area contributed by atoms with Crippen LogP contribution in [0.15, 0.2) is 56.8 Å². The van der Waals surface area contributed by atoms with Gasteiger partial charge in [-0.3, -0.25) is 0 Å². The third kappa shape index (κ3) is 4.13. The van der Waals surface area contributed by atoms with Crippen molar-refractivity contribution >= 4 is 15.7 Å². The van der Waals surface area contributed by atoms with Crippen LogP contribution >= 0.6 is 0 Å². The summed E-state index contributed by atoms with van der Waals surface area (Å²) in [5.41, 5.74) is 0.643. The van der Waals surface area contributed by atoms with Crippen LogP contribution < -0.4 is 19.1 Å². The van der Waals surface area contributed by atoms with Crippen molar-refractivity contribution in [2.45, 2.75) is 29.7 Å². The number of hydrogen-bond acceptors (Lipinski definition) is 8. The fourth-order valence-electron chi connectivity index (χ4n) is 4.23. The summed E-state index contributed by atoms with van der Waals surface area (Å²) in [6, 6.07) is 11.8. The van der Waals surface area contributed by atoms with Crippen LogP contribution in [0, 0.1) is 5.92 Å². The first-order valence-corrected chi connectivity index (χ1v) is 12.5. The summed E-state index contributed by atoms with van der Waals surface area (Å²) >= 11 is 0. The molecule has 2 aliphatic rings. The molecule has 0 amide bonds. The number of rotatable bonds is 5. The predicted octanol–water partition coefficient (Wildman–Crippen LogP) is 4.19. The van der Waals surface area contributed by atoms with Crippen LogP contribution in [0.4, 0.5) is 5.88 Å². The van der Waals surface area contributed by atoms with Gasteiger partial charge in [0.05, 0.1) is 12.0 Å². The van der Waals surface area contributed by atoms with Gasteiger partial charge in [0, 0.05) is 24.7 Å². The van der Waals surface area contributed by atoms with E-state index in [1.165, 1.54) is 12.1 Å². The number of piperidine rings is 1. The van der Waals surface area contributed by atoms with E-state index in [1.807, 2.05) is 23.1 Å². The Kier molecular flexibility index (Phi) is 5.65. The third-order valence-electron chi connectivity index (χ3n) is 5.92. The second kappa shape index (κ2) is 8.62. The van der Waals surface area contributed by atoms with Crippen molar-refractivity contribution in [2.24, 2.45) is 5.92 Å². The molecule has 2 aliphatic heterocycles. The van der Waals surface area contributed by atoms with E-state index in [-0.39, 0.29) is 21.7 Å². The topological polar surface area (TPSA) is 91.1 Å². The molecule has 0 spiro atoms. The van der Waals surface area contributed by atoms with Gasteiger partial charge in [0.2, 0.25) is 26.6 Å². The summed E-state index contributed by atoms with van der Waals surface area (Å²) in [5.74, 6) is 2.51. The summed E-state index contributed by atoms with van der Waals surface area (Å²) in [6.45, 7) is 4.37. The van der Waals surface area contributed by atoms with Gasteiger partial charge >= 0.3 is 0 Å². The zero-order valence-electron chi connectivity index (χ0n) is 18.6. The van der Waals surface area contributed by atoms with Gasteiger partial charge in [0.25, 0.3) is 0 Å². The van der Waals surface area contributed by atoms with Crippen LogP contribution in [0.1, 0.15) is 19.8 Å². The largest absolute Gasteiger partial charge is 0.497 e. The average Bonchev–Trinajstić information content (AvgIpc) is 3.30. The standard InChI is InChI=1S/C24H26N2O6S/c1-16-5-4-10-26(15-16)24-23(25-22(32-24)17-6-3-7-18(13-17)29-2)33(27,28)19-8-9-20-21(14-19)31-12-11-30-20/h3,6-9,13-14,16H,4-5,10-12,15H2,1-2H3. The first-order valence-electron chi connectivity index (χ1n) is 11.0. The number of oxazole rings is 1. The lowest BCUT2D eigenvalue weighted by atomic mass is 10.0. The number of aromatic nitrogens is 1. The van der Waals surface area contributed by atoms with Gasteiger partial charge in [0.1, 0.15) is 19.0 Å². The molecular formula is C24H26N2O6S. The molecule has 0 bridgehead atoms. The minimum absolute atomic E-state index is 0.0866. The van der Waals surface area contributed by atoms with Gasteiger partial charge in [-0.2, -0.15) is 4.98 Å². The van der Waals surface area contributed by atoms with Crippen molar-refractivity contribution in [2.75, 3.05) is 38.3 Å². The van der Waals surface area contributed by atoms with Crippen molar-refractivity contribution in [3.05, 3.63) is 42.5 Å². The highest BCUT2D eigenvalue weighted by molar-refractivity contribution is 7.91. The summed E-state index contributed by atoms with van der Waals surface area (Å²) in [6.07, 6.45) is 2.05. The lowest BCUT2D eigenvalue weighted by molar-refractivity contribution is 0.171. The summed E-state index contributed by atoms with van der Waals surface area (Å²) < 4.78 is 50.1. The van der Waals surface area contributed by atoms with Crippen molar-refractivity contribution < 1.29 is 27.0 Å². The number of benzene rings is 2. The Morgan fingerprint density at radius 1 is 1.09 bits per heavy atom. The quantitative estimate of drug-likeness (QED) is 0.548. The molecule has 1 saturated heterocycles. The van der Waals surface area contributed by atoms with Crippen LogP contribution in [-0.4, -0.2) is 46.8 Å². The highest BCUT2D eigenvalue weighted by atomic mass is 32.2. The molecule has 5 rings (SSSR count). The minimum atomic E-state index is -3.99. The van der Waals surface area contributed by atoms with E-state index in [4.69, 9.17) is 18.6 Å². The molecule has 3 aromatic rings. The fraction of sp³-hybridized carbons (Fsp3) is 0.375. The fourth-order valence-corrected chi connectivity index (χ4v) is 5.57. The van der Waals surface area contributed by atoms with E-state index in [0.717, 1.165) is 12.8 Å². The third-order valence-corrected chi connectivity index (χ3v) is 7.57. The van der Waals surface area contributed by atoms with E-state index >= 15 is 0 Å². The lowest BCUT2D eigenvalue weighted by Gasteiger charge is -2.30. The Morgan fingerprint density at radius 2 is 1.91 bits per heavy atom. The van der Waals surface area contributed by atoms with Gasteiger partial charge in [0.15, 0.2) is 11.5 Å². The highest BCUT2D eigenvalue weighted by Gasteiger charge is 2.33. The van der Waals surface area contributed by atoms with Crippen molar-refractivity contribution in [3.63, 3.8) is 0 Å². The Hall–Kier alpha value is -3.20. The van der Waals surface area contributed by atoms with Crippen LogP contribution in [0.2, 0.25) is 0 Å². The monoisotopic (exact) mass is 470 g/mol. The van der Waals surface area contributed by atoms with E-state index in [1.54, 1.807) is 19.2 Å². The predicted molar refractivity (Wildman–Crippen MR) is 122 cm³/mol. The van der Waals surface area contributed by atoms with Gasteiger partial charge in [-0.1, -0.05) is 13.0 Å². The SMILES string of the molecule is COc1cccc(-c2nc(S(=O)(=O)c3ccc4c(c3)OCCO4)c(N3CCCC(C)C3)o2)c1. The number of fused-ring (bicyclic) bond motifs is 1. The van der Waals surface area contributed by atoms with Gasteiger partial charge in [-0.25, -0.2) is 8.42 Å². The zero-order chi connectivity index (χ0) is 23.0. The second-order valence-corrected chi connectivity index (χ2v) is 10.2. The smallest absolute Gasteiger partial charge is 0.236 e. The molecule has 1 aromatic heterocycles. The maximum Gasteiger partial charge on any atom is 0.236 e. The number of sulfone groups is 1. The van der Waals surface area contributed by atoms with E-state index in [9.17, 15) is 8.42 Å². The molecule has 1 unspecified atom stereocenters. The van der Waals surface area contributed by atoms with E-state index in [0.29, 0.717) is 55.0 Å². The molecule has 9 heteroatoms. The van der Waals surface area contributed by atoms with Gasteiger partial charge < -0.3 is 23.5 Å². The lowest BCUT2D eigenvalue weighted by Crippen LogP contribution is -2.34. The van der Waals surface area contributed by atoms with Crippen molar-refractivity contribution in [1.82, 2.24) is 4.98 Å². The Balaban J connectivity index is 1.62. The Bertz CT molecular complexity index is 1270. The highest BCUT2D eigenvalue weighted by Crippen LogP contribution is 2.39. The summed E-state index contributed by atoms with van der Waals surface area (Å²) in [4.78, 5) is 6.56. The van der Waals surface area contributed by atoms with Crippen LogP contribution in [0.3, 0.4) is 0 Å². The number of anilines is 1. The maximum atomic E-state index is 13.8. The molecule has 2 aromatic carbocycles. The molecular weight excluding hydrogens is 444 g/mol. The summed E-state index contributed by atoms with van der Waals surface area (Å²) in [7, 11) is -2.41. The van der Waals surface area contributed by atoms with Crippen molar-refractivity contribution in [3.8, 4) is 28.7 Å². The molecule has 1 fully saturated rings. The van der Waals surface area contributed by atoms with Crippen LogP contribution in [0.5, 0.6) is 17.2 Å². The first kappa shape index (κ1) is 21.6. The molecule has 174 valence electrons. The zero-order valence-corrected chi connectivity index (χ0v) is 19.4. The number of methoxy groups -OCH3 is 1. The van der Waals surface area contributed by atoms with Crippen LogP contribution in [0.25, 0.3) is 11.5 Å². The molecule has 3 heterocycles. The normalized spacial score (nSPS) is 18.2. The van der Waals surface area contributed by atoms with Gasteiger partial charge in [-0.05, 0) is 49.1 Å². The Labute approximate surface area is 193 Å². The Morgan fingerprint density at radius 3 is 2.70 bits per heavy atom. The first-order chi connectivity index (χ1) is 16.0. The van der Waals surface area contributed by atoms with E-state index < -0.39 is 9.84 Å². The van der Waals surface area contributed by atoms with E-state index in [2.05, 4.69) is 11.9 Å². The summed E-state index contributed by atoms with van der Waals surface area (Å²) in [5, 5.41) is -0.0916. The molecule has 0 aliphatic carbocycles. The van der Waals surface area contributed by atoms with Crippen LogP contribution in [-0.2, 0) is 9.84 Å². The average molecular weight is 471 g/mol. The molecule has 0 N–H and O–H groups in total. The number of ether oxygens (including phenoxy) is 3. The minimum Gasteiger partial charge on any atom is -0.497 e. The molecule has 33 heavy (non-hydrogen) atoms. The molecule has 8 nitrogen and oxygen atoms in total. The number of hydrogen-bond donors (Lipinski definition) is 0. The molecule has 1 atom stereocenters.